The van der Waals surface area contributed by atoms with E-state index in [1.165, 1.54) is 0 Å². The monoisotopic (exact) mass is 396 g/mol. The Balaban J connectivity index is 0.000000921. The van der Waals surface area contributed by atoms with E-state index in [2.05, 4.69) is 71.4 Å². The Labute approximate surface area is 177 Å². The summed E-state index contributed by atoms with van der Waals surface area (Å²) in [5.41, 5.74) is 1.52. The minimum Gasteiger partial charge on any atom is -0.373 e. The highest BCUT2D eigenvalue weighted by atomic mass is 32.1. The summed E-state index contributed by atoms with van der Waals surface area (Å²) in [6, 6.07) is 6.56. The van der Waals surface area contributed by atoms with Crippen LogP contribution in [0.15, 0.2) is 12.1 Å². The number of rotatable bonds is 2. The lowest BCUT2D eigenvalue weighted by Gasteiger charge is -2.39. The van der Waals surface area contributed by atoms with Crippen molar-refractivity contribution in [1.29, 1.82) is 10.5 Å². The number of anilines is 2. The summed E-state index contributed by atoms with van der Waals surface area (Å²) in [7, 11) is 6.33. The number of thiol groups is 1. The first-order valence-corrected chi connectivity index (χ1v) is 10.4. The predicted octanol–water partition coefficient (Wildman–Crippen LogP) is 2.50. The molecule has 0 amide bonds. The Kier molecular flexibility index (Phi) is 10.9. The zero-order valence-corrected chi connectivity index (χ0v) is 18.4. The maximum atomic E-state index is 9.37. The second-order valence-electron chi connectivity index (χ2n) is 6.88. The van der Waals surface area contributed by atoms with Crippen molar-refractivity contribution in [3.8, 4) is 12.0 Å². The lowest BCUT2D eigenvalue weighted by Crippen LogP contribution is -2.51. The highest BCUT2D eigenvalue weighted by Gasteiger charge is 2.26. The zero-order valence-electron chi connectivity index (χ0n) is 17.5. The van der Waals surface area contributed by atoms with Gasteiger partial charge in [0.15, 0.2) is 7.12 Å². The molecule has 0 bridgehead atoms. The van der Waals surface area contributed by atoms with Crippen LogP contribution in [0.25, 0.3) is 0 Å². The Morgan fingerprint density at radius 3 is 2.32 bits per heavy atom. The van der Waals surface area contributed by atoms with Crippen molar-refractivity contribution < 1.29 is 0 Å². The zero-order chi connectivity index (χ0) is 21.1. The van der Waals surface area contributed by atoms with E-state index >= 15 is 0 Å². The van der Waals surface area contributed by atoms with E-state index in [0.29, 0.717) is 11.7 Å². The molecule has 2 fully saturated rings. The SMILES string of the molecule is CC.C[C@H]1CN(C)CCN1c1cc(N2CCB(C#N)CC2)cc(C#N)n1.[B]S. The van der Waals surface area contributed by atoms with Gasteiger partial charge in [0, 0.05) is 56.5 Å². The average molecular weight is 396 g/mol. The van der Waals surface area contributed by atoms with Crippen molar-refractivity contribution in [3.63, 3.8) is 0 Å². The predicted molar refractivity (Wildman–Crippen MR) is 123 cm³/mol. The van der Waals surface area contributed by atoms with E-state index in [9.17, 15) is 5.26 Å². The molecule has 0 unspecified atom stereocenters. The van der Waals surface area contributed by atoms with Crippen LogP contribution in [0.4, 0.5) is 11.5 Å². The van der Waals surface area contributed by atoms with Gasteiger partial charge >= 0.3 is 0 Å². The Hall–Kier alpha value is -1.83. The molecule has 0 aliphatic carbocycles. The second kappa shape index (κ2) is 12.6. The number of hydrogen-bond acceptors (Lipinski definition) is 7. The maximum absolute atomic E-state index is 9.37. The van der Waals surface area contributed by atoms with Gasteiger partial charge in [-0.25, -0.2) is 22.7 Å². The maximum Gasteiger partial charge on any atom is 0.271 e. The summed E-state index contributed by atoms with van der Waals surface area (Å²) >= 11 is 3.03. The van der Waals surface area contributed by atoms with E-state index in [1.807, 2.05) is 19.9 Å². The van der Waals surface area contributed by atoms with E-state index in [-0.39, 0.29) is 6.71 Å². The van der Waals surface area contributed by atoms with Gasteiger partial charge in [0.25, 0.3) is 6.71 Å². The second-order valence-corrected chi connectivity index (χ2v) is 6.88. The first-order chi connectivity index (χ1) is 13.6. The number of aromatic nitrogens is 1. The Morgan fingerprint density at radius 2 is 1.79 bits per heavy atom. The van der Waals surface area contributed by atoms with Crippen LogP contribution in [-0.2, 0) is 0 Å². The molecule has 0 N–H and O–H groups in total. The van der Waals surface area contributed by atoms with Gasteiger partial charge in [-0.3, -0.25) is 0 Å². The highest BCUT2D eigenvalue weighted by Crippen LogP contribution is 2.27. The summed E-state index contributed by atoms with van der Waals surface area (Å²) in [5, 5.41) is 18.4. The van der Waals surface area contributed by atoms with Gasteiger partial charge in [-0.15, -0.1) is 0 Å². The van der Waals surface area contributed by atoms with Crippen LogP contribution in [0.2, 0.25) is 12.6 Å². The molecule has 6 nitrogen and oxygen atoms in total. The van der Waals surface area contributed by atoms with Crippen LogP contribution in [0, 0.1) is 22.6 Å². The molecule has 9 heteroatoms. The summed E-state index contributed by atoms with van der Waals surface area (Å²) in [6.07, 6.45) is 1.78. The molecule has 0 aromatic carbocycles. The van der Waals surface area contributed by atoms with Crippen LogP contribution in [-0.4, -0.2) is 69.5 Å². The van der Waals surface area contributed by atoms with Crippen LogP contribution in [0.5, 0.6) is 0 Å². The largest absolute Gasteiger partial charge is 0.373 e. The van der Waals surface area contributed by atoms with Gasteiger partial charge < -0.3 is 14.7 Å². The van der Waals surface area contributed by atoms with Gasteiger partial charge in [-0.05, 0) is 32.7 Å². The van der Waals surface area contributed by atoms with Crippen LogP contribution >= 0.6 is 12.5 Å². The highest BCUT2D eigenvalue weighted by molar-refractivity contribution is 8.03. The standard InChI is InChI=1S/C17H23BN6.C2H6.BHS/c1-14-12-22(2)7-8-24(14)17-10-16(9-15(11-19)21-17)23-5-3-18(13-20)4-6-23;2*1-2/h9-10,14H,3-8,12H2,1-2H3;1-2H3;2H/t14-;;/m0../s1. The molecule has 2 radical (unpaired) electrons. The van der Waals surface area contributed by atoms with Crippen LogP contribution < -0.4 is 9.80 Å². The van der Waals surface area contributed by atoms with Gasteiger partial charge in [-0.2, -0.15) is 5.26 Å². The van der Waals surface area contributed by atoms with Crippen molar-refractivity contribution in [3.05, 3.63) is 17.8 Å². The first-order valence-electron chi connectivity index (χ1n) is 9.88. The lowest BCUT2D eigenvalue weighted by atomic mass is 9.45. The molecule has 2 aliphatic rings. The van der Waals surface area contributed by atoms with Gasteiger partial charge in [0.2, 0.25) is 0 Å². The molecule has 0 spiro atoms. The van der Waals surface area contributed by atoms with Crippen LogP contribution in [0.1, 0.15) is 26.5 Å². The fourth-order valence-electron chi connectivity index (χ4n) is 3.64. The van der Waals surface area contributed by atoms with Crippen molar-refractivity contribution in [1.82, 2.24) is 9.88 Å². The summed E-state index contributed by atoms with van der Waals surface area (Å²) in [6.45, 7) is 11.0. The van der Waals surface area contributed by atoms with Crippen molar-refractivity contribution >= 4 is 37.8 Å². The van der Waals surface area contributed by atoms with Crippen molar-refractivity contribution in [2.24, 2.45) is 0 Å². The quantitative estimate of drug-likeness (QED) is 0.612. The minimum absolute atomic E-state index is 0.163. The molecule has 3 heterocycles. The number of piperazine rings is 1. The first kappa shape index (κ1) is 24.2. The van der Waals surface area contributed by atoms with Gasteiger partial charge in [-0.1, -0.05) is 13.8 Å². The molecule has 28 heavy (non-hydrogen) atoms. The van der Waals surface area contributed by atoms with Crippen LogP contribution in [0.3, 0.4) is 0 Å². The molecule has 2 saturated heterocycles. The molecule has 1 atom stereocenters. The Morgan fingerprint density at radius 1 is 1.14 bits per heavy atom. The van der Waals surface area contributed by atoms with Gasteiger partial charge in [0.1, 0.15) is 17.6 Å². The molecule has 148 valence electrons. The van der Waals surface area contributed by atoms with E-state index in [0.717, 1.165) is 56.9 Å². The normalized spacial score (nSPS) is 19.4. The smallest absolute Gasteiger partial charge is 0.271 e. The third-order valence-electron chi connectivity index (χ3n) is 5.08. The Bertz CT molecular complexity index is 682. The third kappa shape index (κ3) is 6.36. The van der Waals surface area contributed by atoms with Gasteiger partial charge in [0.05, 0.1) is 0 Å². The number of nitriles is 2. The summed E-state index contributed by atoms with van der Waals surface area (Å²) in [5.74, 6) is 3.26. The average Bonchev–Trinajstić information content (AvgIpc) is 2.76. The fourth-order valence-corrected chi connectivity index (χ4v) is 3.64. The topological polar surface area (TPSA) is 70.2 Å². The molecular formula is C19H30B2N6S. The third-order valence-corrected chi connectivity index (χ3v) is 5.08. The molecule has 1 aromatic heterocycles. The van der Waals surface area contributed by atoms with E-state index in [1.54, 1.807) is 0 Å². The number of nitrogens with zero attached hydrogens (tertiary/aromatic N) is 6. The number of hydrogen-bond donors (Lipinski definition) is 1. The number of likely N-dealkylation sites (N-methyl/N-ethyl adjacent to an activating group) is 1. The minimum atomic E-state index is 0.163. The summed E-state index contributed by atoms with van der Waals surface area (Å²) in [4.78, 5) is 11.4. The van der Waals surface area contributed by atoms with Crippen molar-refractivity contribution in [2.75, 3.05) is 49.6 Å². The molecular weight excluding hydrogens is 366 g/mol. The molecule has 1 aromatic rings. The molecule has 3 rings (SSSR count). The van der Waals surface area contributed by atoms with E-state index in [4.69, 9.17) is 5.26 Å². The summed E-state index contributed by atoms with van der Waals surface area (Å²) < 4.78 is 0. The van der Waals surface area contributed by atoms with E-state index < -0.39 is 0 Å². The fraction of sp³-hybridized carbons (Fsp3) is 0.632. The number of pyridine rings is 1. The molecule has 0 saturated carbocycles. The lowest BCUT2D eigenvalue weighted by molar-refractivity contribution is 0.274. The van der Waals surface area contributed by atoms with Crippen molar-refractivity contribution in [2.45, 2.75) is 39.5 Å². The molecule has 2 aliphatic heterocycles.